The molecule has 0 spiro atoms. The molecule has 0 saturated carbocycles. The number of nitrogens with zero attached hydrogens (tertiary/aromatic N) is 2. The lowest BCUT2D eigenvalue weighted by Crippen LogP contribution is -2.32. The lowest BCUT2D eigenvalue weighted by atomic mass is 9.94. The molecule has 1 saturated heterocycles. The number of benzene rings is 2. The first-order valence-electron chi connectivity index (χ1n) is 11.5. The molecule has 1 N–H and O–H groups in total. The van der Waals surface area contributed by atoms with Gasteiger partial charge in [-0.05, 0) is 81.4 Å². The van der Waals surface area contributed by atoms with Gasteiger partial charge in [0, 0.05) is 12.1 Å². The van der Waals surface area contributed by atoms with Crippen molar-refractivity contribution < 1.29 is 23.8 Å². The van der Waals surface area contributed by atoms with Crippen LogP contribution in [-0.2, 0) is 9.59 Å². The van der Waals surface area contributed by atoms with Crippen molar-refractivity contribution in [3.63, 3.8) is 0 Å². The van der Waals surface area contributed by atoms with Crippen LogP contribution >= 0.6 is 0 Å². The summed E-state index contributed by atoms with van der Waals surface area (Å²) in [5.41, 5.74) is 1.81. The van der Waals surface area contributed by atoms with Crippen LogP contribution in [0.15, 0.2) is 48.0 Å². The Labute approximate surface area is 200 Å². The van der Waals surface area contributed by atoms with Crippen molar-refractivity contribution in [1.29, 1.82) is 0 Å². The first-order chi connectivity index (χ1) is 16.1. The number of aliphatic hydroxyl groups excluding tert-OH is 1. The summed E-state index contributed by atoms with van der Waals surface area (Å²) >= 11 is 0. The monoisotopic (exact) mass is 468 g/mol. The normalized spacial score (nSPS) is 17.8. The minimum absolute atomic E-state index is 0.0108. The van der Waals surface area contributed by atoms with E-state index in [1.54, 1.807) is 30.3 Å². The molecule has 0 aromatic heterocycles. The third-order valence-electron chi connectivity index (χ3n) is 5.75. The first-order valence-corrected chi connectivity index (χ1v) is 11.5. The smallest absolute Gasteiger partial charge is 0.295 e. The van der Waals surface area contributed by atoms with E-state index in [1.165, 1.54) is 17.0 Å². The number of likely N-dealkylation sites (tertiary alicyclic amines) is 1. The number of hydrogen-bond donors (Lipinski definition) is 1. The highest BCUT2D eigenvalue weighted by Gasteiger charge is 2.45. The highest BCUT2D eigenvalue weighted by molar-refractivity contribution is 6.46. The molecule has 1 fully saturated rings. The van der Waals surface area contributed by atoms with Crippen molar-refractivity contribution in [2.45, 2.75) is 33.2 Å². The number of carbonyl (C=O) groups excluding carboxylic acids is 2. The lowest BCUT2D eigenvalue weighted by molar-refractivity contribution is -0.139. The maximum Gasteiger partial charge on any atom is 0.295 e. The molecule has 1 aliphatic heterocycles. The van der Waals surface area contributed by atoms with Crippen LogP contribution in [0.1, 0.15) is 43.0 Å². The van der Waals surface area contributed by atoms with Gasteiger partial charge < -0.3 is 19.6 Å². The third-order valence-corrected chi connectivity index (χ3v) is 5.75. The molecule has 1 unspecified atom stereocenters. The van der Waals surface area contributed by atoms with E-state index in [4.69, 9.17) is 4.74 Å². The third kappa shape index (κ3) is 5.65. The molecule has 0 bridgehead atoms. The van der Waals surface area contributed by atoms with Crippen molar-refractivity contribution in [1.82, 2.24) is 9.80 Å². The number of aliphatic hydroxyl groups is 1. The zero-order valence-corrected chi connectivity index (χ0v) is 20.5. The second kappa shape index (κ2) is 10.8. The number of ether oxygens (including phenoxy) is 1. The largest absolute Gasteiger partial charge is 0.507 e. The highest BCUT2D eigenvalue weighted by atomic mass is 19.1. The second-order valence-electron chi connectivity index (χ2n) is 9.39. The standard InChI is InChI=1S/C27H33FN2O4/c1-17(2)16-34-22-12-9-20(15-18(22)3)25(31)23-24(19-7-10-21(28)11-8-19)30(27(33)26(23)32)14-6-13-29(4)5/h7-12,15,17,24,31H,6,13-14,16H2,1-5H3/b25-23-. The summed E-state index contributed by atoms with van der Waals surface area (Å²) in [6.45, 7) is 7.61. The van der Waals surface area contributed by atoms with E-state index in [1.807, 2.05) is 25.9 Å². The van der Waals surface area contributed by atoms with Crippen molar-refractivity contribution in [2.24, 2.45) is 5.92 Å². The minimum Gasteiger partial charge on any atom is -0.507 e. The van der Waals surface area contributed by atoms with Crippen LogP contribution in [-0.4, -0.2) is 60.4 Å². The number of halogens is 1. The zero-order chi connectivity index (χ0) is 25.0. The van der Waals surface area contributed by atoms with E-state index in [-0.39, 0.29) is 11.3 Å². The predicted molar refractivity (Wildman–Crippen MR) is 130 cm³/mol. The van der Waals surface area contributed by atoms with Gasteiger partial charge in [-0.2, -0.15) is 0 Å². The van der Waals surface area contributed by atoms with Gasteiger partial charge in [0.15, 0.2) is 0 Å². The first kappa shape index (κ1) is 25.4. The second-order valence-corrected chi connectivity index (χ2v) is 9.39. The highest BCUT2D eigenvalue weighted by Crippen LogP contribution is 2.40. The molecule has 1 aliphatic rings. The molecule has 0 aliphatic carbocycles. The van der Waals surface area contributed by atoms with Gasteiger partial charge in [-0.1, -0.05) is 26.0 Å². The van der Waals surface area contributed by atoms with E-state index in [0.717, 1.165) is 12.1 Å². The van der Waals surface area contributed by atoms with Gasteiger partial charge in [-0.25, -0.2) is 4.39 Å². The molecule has 182 valence electrons. The van der Waals surface area contributed by atoms with Crippen LogP contribution in [0.2, 0.25) is 0 Å². The Kier molecular flexibility index (Phi) is 8.10. The Hall–Kier alpha value is -3.19. The summed E-state index contributed by atoms with van der Waals surface area (Å²) in [6, 6.07) is 10.1. The minimum atomic E-state index is -0.792. The van der Waals surface area contributed by atoms with Crippen LogP contribution in [0, 0.1) is 18.7 Å². The Balaban J connectivity index is 2.03. The van der Waals surface area contributed by atoms with Gasteiger partial charge in [-0.3, -0.25) is 9.59 Å². The number of carbonyl (C=O) groups is 2. The Bertz CT molecular complexity index is 1080. The summed E-state index contributed by atoms with van der Waals surface area (Å²) in [4.78, 5) is 29.5. The average molecular weight is 469 g/mol. The maximum atomic E-state index is 13.6. The number of hydrogen-bond acceptors (Lipinski definition) is 5. The molecule has 3 rings (SSSR count). The average Bonchev–Trinajstić information content (AvgIpc) is 3.03. The van der Waals surface area contributed by atoms with E-state index < -0.39 is 23.5 Å². The molecular formula is C27H33FN2O4. The van der Waals surface area contributed by atoms with Crippen molar-refractivity contribution in [3.05, 3.63) is 70.5 Å². The van der Waals surface area contributed by atoms with Crippen LogP contribution < -0.4 is 4.74 Å². The molecule has 1 heterocycles. The number of rotatable bonds is 9. The summed E-state index contributed by atoms with van der Waals surface area (Å²) in [6.07, 6.45) is 0.652. The molecule has 2 aromatic carbocycles. The van der Waals surface area contributed by atoms with Gasteiger partial charge in [0.1, 0.15) is 17.3 Å². The molecule has 7 heteroatoms. The van der Waals surface area contributed by atoms with Crippen LogP contribution in [0.4, 0.5) is 4.39 Å². The summed E-state index contributed by atoms with van der Waals surface area (Å²) < 4.78 is 19.4. The number of amides is 1. The Morgan fingerprint density at radius 2 is 1.82 bits per heavy atom. The number of ketones is 1. The molecular weight excluding hydrogens is 435 g/mol. The van der Waals surface area contributed by atoms with Gasteiger partial charge in [0.2, 0.25) is 0 Å². The Morgan fingerprint density at radius 1 is 1.15 bits per heavy atom. The van der Waals surface area contributed by atoms with Crippen LogP contribution in [0.3, 0.4) is 0 Å². The summed E-state index contributed by atoms with van der Waals surface area (Å²) in [5.74, 6) is -1.00. The van der Waals surface area contributed by atoms with Crippen molar-refractivity contribution in [3.8, 4) is 5.75 Å². The van der Waals surface area contributed by atoms with E-state index >= 15 is 0 Å². The van der Waals surface area contributed by atoms with Gasteiger partial charge in [0.25, 0.3) is 11.7 Å². The van der Waals surface area contributed by atoms with Crippen molar-refractivity contribution >= 4 is 17.4 Å². The van der Waals surface area contributed by atoms with Gasteiger partial charge >= 0.3 is 0 Å². The van der Waals surface area contributed by atoms with E-state index in [0.29, 0.717) is 42.4 Å². The van der Waals surface area contributed by atoms with E-state index in [2.05, 4.69) is 13.8 Å². The molecule has 0 radical (unpaired) electrons. The summed E-state index contributed by atoms with van der Waals surface area (Å²) in [5, 5.41) is 11.2. The summed E-state index contributed by atoms with van der Waals surface area (Å²) in [7, 11) is 3.87. The molecule has 2 aromatic rings. The fourth-order valence-corrected chi connectivity index (χ4v) is 4.03. The number of aryl methyl sites for hydroxylation is 1. The SMILES string of the molecule is Cc1cc(/C(O)=C2/C(=O)C(=O)N(CCCN(C)C)C2c2ccc(F)cc2)ccc1OCC(C)C. The zero-order valence-electron chi connectivity index (χ0n) is 20.5. The predicted octanol–water partition coefficient (Wildman–Crippen LogP) is 4.54. The van der Waals surface area contributed by atoms with Gasteiger partial charge in [0.05, 0.1) is 18.2 Å². The Morgan fingerprint density at radius 3 is 2.41 bits per heavy atom. The van der Waals surface area contributed by atoms with E-state index in [9.17, 15) is 19.1 Å². The van der Waals surface area contributed by atoms with Gasteiger partial charge in [-0.15, -0.1) is 0 Å². The molecule has 34 heavy (non-hydrogen) atoms. The molecule has 1 atom stereocenters. The van der Waals surface area contributed by atoms with Crippen LogP contribution in [0.5, 0.6) is 5.75 Å². The lowest BCUT2D eigenvalue weighted by Gasteiger charge is -2.26. The van der Waals surface area contributed by atoms with Crippen LogP contribution in [0.25, 0.3) is 5.76 Å². The fraction of sp³-hybridized carbons (Fsp3) is 0.407. The fourth-order valence-electron chi connectivity index (χ4n) is 4.03. The maximum absolute atomic E-state index is 13.6. The number of Topliss-reactive ketones (excluding diaryl/α,β-unsaturated/α-hetero) is 1. The molecule has 1 amide bonds. The topological polar surface area (TPSA) is 70.1 Å². The quantitative estimate of drug-likeness (QED) is 0.332. The molecule has 6 nitrogen and oxygen atoms in total. The van der Waals surface area contributed by atoms with Crippen molar-refractivity contribution in [2.75, 3.05) is 33.8 Å².